The molecule has 0 radical (unpaired) electrons. The number of halogens is 2. The molecule has 1 aliphatic carbocycles. The van der Waals surface area contributed by atoms with Gasteiger partial charge in [-0.2, -0.15) is 0 Å². The number of imidazole rings is 1. The quantitative estimate of drug-likeness (QED) is 0.486. The van der Waals surface area contributed by atoms with Crippen LogP contribution >= 0.6 is 27.5 Å². The van der Waals surface area contributed by atoms with E-state index in [0.717, 1.165) is 9.99 Å². The third-order valence-electron chi connectivity index (χ3n) is 5.07. The van der Waals surface area contributed by atoms with Gasteiger partial charge in [0, 0.05) is 39.8 Å². The molecule has 4 rings (SSSR count). The highest BCUT2D eigenvalue weighted by atomic mass is 79.9. The lowest BCUT2D eigenvalue weighted by Gasteiger charge is -2.22. The number of allylic oxidation sites excluding steroid dienone is 2. The van der Waals surface area contributed by atoms with Gasteiger partial charge in [0.2, 0.25) is 11.9 Å². The van der Waals surface area contributed by atoms with Gasteiger partial charge in [-0.3, -0.25) is 9.59 Å². The lowest BCUT2D eigenvalue weighted by Crippen LogP contribution is -2.28. The fourth-order valence-electron chi connectivity index (χ4n) is 3.35. The van der Waals surface area contributed by atoms with E-state index in [4.69, 9.17) is 17.3 Å². The monoisotopic (exact) mass is 499 g/mol. The second kappa shape index (κ2) is 8.56. The molecule has 0 saturated heterocycles. The molecular formula is C22H19BrClN5O2. The predicted molar refractivity (Wildman–Crippen MR) is 126 cm³/mol. The van der Waals surface area contributed by atoms with Crippen LogP contribution in [0, 0.1) is 0 Å². The number of anilines is 2. The van der Waals surface area contributed by atoms with Gasteiger partial charge in [0.25, 0.3) is 5.91 Å². The van der Waals surface area contributed by atoms with E-state index in [2.05, 4.69) is 31.5 Å². The Balaban J connectivity index is 1.56. The van der Waals surface area contributed by atoms with Crippen molar-refractivity contribution in [1.82, 2.24) is 9.55 Å². The zero-order chi connectivity index (χ0) is 22.1. The van der Waals surface area contributed by atoms with Gasteiger partial charge in [-0.05, 0) is 48.5 Å². The molecule has 1 aliphatic rings. The molecule has 9 heteroatoms. The van der Waals surface area contributed by atoms with Crippen LogP contribution in [0.2, 0.25) is 0 Å². The van der Waals surface area contributed by atoms with Crippen LogP contribution in [0.5, 0.6) is 0 Å². The van der Waals surface area contributed by atoms with Gasteiger partial charge in [0.05, 0.1) is 17.1 Å². The van der Waals surface area contributed by atoms with Crippen molar-refractivity contribution >= 4 is 62.0 Å². The van der Waals surface area contributed by atoms with E-state index in [1.54, 1.807) is 24.3 Å². The highest BCUT2D eigenvalue weighted by Gasteiger charge is 2.23. The van der Waals surface area contributed by atoms with Crippen molar-refractivity contribution < 1.29 is 9.59 Å². The second-order valence-electron chi connectivity index (χ2n) is 7.17. The number of nitrogens with two attached hydrogens (primary N) is 1. The van der Waals surface area contributed by atoms with E-state index in [9.17, 15) is 9.59 Å². The summed E-state index contributed by atoms with van der Waals surface area (Å²) >= 11 is 9.69. The fourth-order valence-corrected chi connectivity index (χ4v) is 3.81. The van der Waals surface area contributed by atoms with Crippen molar-refractivity contribution in [3.05, 3.63) is 75.3 Å². The summed E-state index contributed by atoms with van der Waals surface area (Å²) in [5.41, 5.74) is 8.60. The number of aromatic nitrogens is 2. The Hall–Kier alpha value is -3.10. The topological polar surface area (TPSA) is 102 Å². The number of fused-ring (bicyclic) bond motifs is 1. The van der Waals surface area contributed by atoms with Crippen LogP contribution in [0.15, 0.2) is 69.7 Å². The minimum atomic E-state index is -0.473. The molecule has 2 aromatic carbocycles. The number of primary amides is 1. The fraction of sp³-hybridized carbons (Fsp3) is 0.136. The number of hydrogen-bond acceptors (Lipinski definition) is 4. The van der Waals surface area contributed by atoms with Crippen LogP contribution in [0.4, 0.5) is 11.6 Å². The molecule has 1 unspecified atom stereocenters. The lowest BCUT2D eigenvalue weighted by atomic mass is 10.00. The van der Waals surface area contributed by atoms with Gasteiger partial charge in [-0.15, -0.1) is 0 Å². The van der Waals surface area contributed by atoms with E-state index in [1.807, 2.05) is 41.9 Å². The van der Waals surface area contributed by atoms with Crippen molar-refractivity contribution in [2.24, 2.45) is 12.8 Å². The number of aryl methyl sites for hydroxylation is 1. The molecule has 1 heterocycles. The van der Waals surface area contributed by atoms with E-state index < -0.39 is 5.91 Å². The van der Waals surface area contributed by atoms with Gasteiger partial charge in [-0.1, -0.05) is 33.6 Å². The van der Waals surface area contributed by atoms with E-state index in [0.29, 0.717) is 39.7 Å². The Kier molecular flexibility index (Phi) is 5.84. The van der Waals surface area contributed by atoms with Crippen molar-refractivity contribution in [2.45, 2.75) is 12.5 Å². The van der Waals surface area contributed by atoms with Crippen molar-refractivity contribution in [1.29, 1.82) is 0 Å². The second-order valence-corrected chi connectivity index (χ2v) is 8.52. The Bertz CT molecular complexity index is 1250. The number of benzene rings is 2. The zero-order valence-corrected chi connectivity index (χ0v) is 18.9. The molecule has 1 atom stereocenters. The third-order valence-corrected chi connectivity index (χ3v) is 5.98. The summed E-state index contributed by atoms with van der Waals surface area (Å²) in [7, 11) is 1.87. The minimum absolute atomic E-state index is 0.223. The molecule has 0 aliphatic heterocycles. The standard InChI is InChI=1S/C22H19BrClN5O2/c1-29-19-9-3-13(21(31)26-15-6-4-14(23)5-7-15)11-18(19)28-22(29)27-17-10-12(20(25)30)2-8-16(17)24/h2-9,11,17H,10H2,1H3,(H2,25,30)(H,26,31)(H,27,28). The Morgan fingerprint density at radius 3 is 2.65 bits per heavy atom. The molecule has 31 heavy (non-hydrogen) atoms. The van der Waals surface area contributed by atoms with Crippen LogP contribution in [-0.2, 0) is 11.8 Å². The van der Waals surface area contributed by atoms with Gasteiger partial charge in [0.1, 0.15) is 0 Å². The first-order valence-electron chi connectivity index (χ1n) is 9.48. The predicted octanol–water partition coefficient (Wildman–Crippen LogP) is 4.31. The molecular weight excluding hydrogens is 482 g/mol. The van der Waals surface area contributed by atoms with Crippen molar-refractivity contribution in [2.75, 3.05) is 10.6 Å². The number of carbonyl (C=O) groups is 2. The summed E-state index contributed by atoms with van der Waals surface area (Å²) in [6.45, 7) is 0. The maximum Gasteiger partial charge on any atom is 0.255 e. The lowest BCUT2D eigenvalue weighted by molar-refractivity contribution is -0.114. The van der Waals surface area contributed by atoms with Crippen molar-refractivity contribution in [3.63, 3.8) is 0 Å². The van der Waals surface area contributed by atoms with Gasteiger partial charge >= 0.3 is 0 Å². The molecule has 158 valence electrons. The normalized spacial score (nSPS) is 15.9. The van der Waals surface area contributed by atoms with Crippen LogP contribution in [0.1, 0.15) is 16.8 Å². The molecule has 3 aromatic rings. The largest absolute Gasteiger partial charge is 0.366 e. The summed E-state index contributed by atoms with van der Waals surface area (Å²) in [5, 5.41) is 6.70. The Morgan fingerprint density at radius 2 is 1.94 bits per heavy atom. The molecule has 0 fully saturated rings. The van der Waals surface area contributed by atoms with E-state index in [1.165, 1.54) is 0 Å². The Morgan fingerprint density at radius 1 is 1.19 bits per heavy atom. The summed E-state index contributed by atoms with van der Waals surface area (Å²) in [4.78, 5) is 28.8. The highest BCUT2D eigenvalue weighted by molar-refractivity contribution is 9.10. The number of nitrogens with one attached hydrogen (secondary N) is 2. The molecule has 2 amide bonds. The number of hydrogen-bond donors (Lipinski definition) is 3. The maximum absolute atomic E-state index is 12.6. The summed E-state index contributed by atoms with van der Waals surface area (Å²) in [5.74, 6) is -0.125. The molecule has 0 spiro atoms. The first-order chi connectivity index (χ1) is 14.8. The molecule has 0 saturated carbocycles. The third kappa shape index (κ3) is 4.50. The SMILES string of the molecule is Cn1c(NC2CC(C(N)=O)=CC=C2Cl)nc2cc(C(=O)Nc3ccc(Br)cc3)ccc21. The number of amides is 2. The minimum Gasteiger partial charge on any atom is -0.366 e. The van der Waals surface area contributed by atoms with Crippen LogP contribution < -0.4 is 16.4 Å². The average Bonchev–Trinajstić information content (AvgIpc) is 3.06. The summed E-state index contributed by atoms with van der Waals surface area (Å²) in [6, 6.07) is 12.4. The van der Waals surface area contributed by atoms with Crippen LogP contribution in [-0.4, -0.2) is 27.4 Å². The van der Waals surface area contributed by atoms with E-state index in [-0.39, 0.29) is 11.9 Å². The summed E-state index contributed by atoms with van der Waals surface area (Å²) in [6.07, 6.45) is 3.67. The average molecular weight is 501 g/mol. The maximum atomic E-state index is 12.6. The molecule has 7 nitrogen and oxygen atoms in total. The van der Waals surface area contributed by atoms with Crippen LogP contribution in [0.25, 0.3) is 11.0 Å². The van der Waals surface area contributed by atoms with Gasteiger partial charge < -0.3 is 20.9 Å². The number of rotatable bonds is 5. The molecule has 0 bridgehead atoms. The zero-order valence-electron chi connectivity index (χ0n) is 16.5. The van der Waals surface area contributed by atoms with Gasteiger partial charge in [-0.25, -0.2) is 4.98 Å². The van der Waals surface area contributed by atoms with Gasteiger partial charge in [0.15, 0.2) is 0 Å². The molecule has 1 aromatic heterocycles. The number of nitrogens with zero attached hydrogens (tertiary/aromatic N) is 2. The molecule has 4 N–H and O–H groups in total. The Labute approximate surface area is 192 Å². The number of carbonyl (C=O) groups excluding carboxylic acids is 2. The van der Waals surface area contributed by atoms with E-state index >= 15 is 0 Å². The van der Waals surface area contributed by atoms with Crippen molar-refractivity contribution in [3.8, 4) is 0 Å². The smallest absolute Gasteiger partial charge is 0.255 e. The van der Waals surface area contributed by atoms with Crippen LogP contribution in [0.3, 0.4) is 0 Å². The highest BCUT2D eigenvalue weighted by Crippen LogP contribution is 2.27. The summed E-state index contributed by atoms with van der Waals surface area (Å²) < 4.78 is 2.81. The first-order valence-corrected chi connectivity index (χ1v) is 10.6. The first kappa shape index (κ1) is 21.1.